The van der Waals surface area contributed by atoms with Gasteiger partial charge in [0.05, 0.1) is 5.56 Å². The van der Waals surface area contributed by atoms with E-state index in [-0.39, 0.29) is 5.56 Å². The molecule has 0 aromatic heterocycles. The van der Waals surface area contributed by atoms with Gasteiger partial charge in [0, 0.05) is 6.54 Å². The molecular formula is C14H18FNO2. The van der Waals surface area contributed by atoms with Crippen molar-refractivity contribution in [3.8, 4) is 0 Å². The fourth-order valence-electron chi connectivity index (χ4n) is 2.34. The van der Waals surface area contributed by atoms with Crippen LogP contribution in [0.5, 0.6) is 0 Å². The molecule has 0 spiro atoms. The molecule has 1 aliphatic heterocycles. The fraction of sp³-hybridized carbons (Fsp3) is 0.500. The largest absolute Gasteiger partial charge is 0.478 e. The maximum absolute atomic E-state index is 13.3. The van der Waals surface area contributed by atoms with Crippen LogP contribution in [0.2, 0.25) is 0 Å². The number of carbonyl (C=O) groups is 1. The molecule has 18 heavy (non-hydrogen) atoms. The number of nitrogens with zero attached hydrogens (tertiary/aromatic N) is 1. The van der Waals surface area contributed by atoms with Gasteiger partial charge in [-0.1, -0.05) is 6.92 Å². The summed E-state index contributed by atoms with van der Waals surface area (Å²) in [5.74, 6) is -0.804. The predicted molar refractivity (Wildman–Crippen MR) is 67.0 cm³/mol. The second kappa shape index (κ2) is 5.48. The Kier molecular flexibility index (Phi) is 3.97. The maximum Gasteiger partial charge on any atom is 0.335 e. The quantitative estimate of drug-likeness (QED) is 0.898. The van der Waals surface area contributed by atoms with E-state index in [0.29, 0.717) is 6.54 Å². The smallest absolute Gasteiger partial charge is 0.335 e. The average molecular weight is 251 g/mol. The number of carboxylic acid groups (broad SMARTS) is 1. The fourth-order valence-corrected chi connectivity index (χ4v) is 2.34. The highest BCUT2D eigenvalue weighted by Crippen LogP contribution is 2.19. The topological polar surface area (TPSA) is 40.5 Å². The number of piperidine rings is 1. The van der Waals surface area contributed by atoms with Crippen molar-refractivity contribution in [2.75, 3.05) is 13.1 Å². The second-order valence-corrected chi connectivity index (χ2v) is 5.11. The van der Waals surface area contributed by atoms with E-state index in [4.69, 9.17) is 5.11 Å². The number of rotatable bonds is 3. The minimum atomic E-state index is -1.08. The first-order valence-corrected chi connectivity index (χ1v) is 6.29. The first-order chi connectivity index (χ1) is 8.54. The Hall–Kier alpha value is -1.42. The Morgan fingerprint density at radius 1 is 1.39 bits per heavy atom. The average Bonchev–Trinajstić information content (AvgIpc) is 2.31. The van der Waals surface area contributed by atoms with Gasteiger partial charge in [-0.25, -0.2) is 9.18 Å². The summed E-state index contributed by atoms with van der Waals surface area (Å²) in [5.41, 5.74) is 0.761. The van der Waals surface area contributed by atoms with Crippen molar-refractivity contribution in [1.82, 2.24) is 4.90 Å². The number of likely N-dealkylation sites (tertiary alicyclic amines) is 1. The Morgan fingerprint density at radius 3 is 2.67 bits per heavy atom. The van der Waals surface area contributed by atoms with E-state index in [1.807, 2.05) is 0 Å². The summed E-state index contributed by atoms with van der Waals surface area (Å²) >= 11 is 0. The van der Waals surface area contributed by atoms with Crippen LogP contribution in [0, 0.1) is 11.7 Å². The van der Waals surface area contributed by atoms with Crippen molar-refractivity contribution >= 4 is 5.97 Å². The molecule has 0 bridgehead atoms. The monoisotopic (exact) mass is 251 g/mol. The Bertz CT molecular complexity index is 439. The molecule has 3 nitrogen and oxygen atoms in total. The third-order valence-electron chi connectivity index (χ3n) is 3.49. The molecular weight excluding hydrogens is 233 g/mol. The Balaban J connectivity index is 2.07. The van der Waals surface area contributed by atoms with Crippen molar-refractivity contribution in [2.45, 2.75) is 26.3 Å². The molecule has 1 aromatic carbocycles. The van der Waals surface area contributed by atoms with Gasteiger partial charge in [-0.3, -0.25) is 4.90 Å². The van der Waals surface area contributed by atoms with E-state index in [1.165, 1.54) is 6.07 Å². The number of aromatic carboxylic acids is 1. The van der Waals surface area contributed by atoms with Gasteiger partial charge >= 0.3 is 5.97 Å². The second-order valence-electron chi connectivity index (χ2n) is 5.11. The van der Waals surface area contributed by atoms with Crippen LogP contribution in [0.3, 0.4) is 0 Å². The van der Waals surface area contributed by atoms with Gasteiger partial charge in [0.2, 0.25) is 0 Å². The maximum atomic E-state index is 13.3. The molecule has 98 valence electrons. The minimum absolute atomic E-state index is 0.0235. The number of carboxylic acids is 1. The van der Waals surface area contributed by atoms with E-state index >= 15 is 0 Å². The molecule has 0 amide bonds. The van der Waals surface area contributed by atoms with Crippen LogP contribution in [-0.2, 0) is 6.54 Å². The van der Waals surface area contributed by atoms with Gasteiger partial charge in [0.1, 0.15) is 5.82 Å². The van der Waals surface area contributed by atoms with Gasteiger partial charge in [-0.15, -0.1) is 0 Å². The zero-order valence-corrected chi connectivity index (χ0v) is 10.5. The zero-order chi connectivity index (χ0) is 13.1. The lowest BCUT2D eigenvalue weighted by Crippen LogP contribution is -2.32. The van der Waals surface area contributed by atoms with Crippen LogP contribution >= 0.6 is 0 Å². The molecule has 4 heteroatoms. The van der Waals surface area contributed by atoms with Gasteiger partial charge in [0.25, 0.3) is 0 Å². The summed E-state index contributed by atoms with van der Waals surface area (Å²) < 4.78 is 13.3. The highest BCUT2D eigenvalue weighted by Gasteiger charge is 2.16. The van der Waals surface area contributed by atoms with Crippen LogP contribution in [0.1, 0.15) is 35.7 Å². The Labute approximate surface area is 106 Å². The summed E-state index contributed by atoms with van der Waals surface area (Å²) in [6.07, 6.45) is 2.31. The highest BCUT2D eigenvalue weighted by molar-refractivity contribution is 5.87. The van der Waals surface area contributed by atoms with Gasteiger partial charge < -0.3 is 5.11 Å². The van der Waals surface area contributed by atoms with Crippen LogP contribution in [-0.4, -0.2) is 29.1 Å². The van der Waals surface area contributed by atoms with Crippen molar-refractivity contribution < 1.29 is 14.3 Å². The first kappa shape index (κ1) is 13.0. The summed E-state index contributed by atoms with van der Waals surface area (Å²) in [7, 11) is 0. The molecule has 2 rings (SSSR count). The van der Waals surface area contributed by atoms with Gasteiger partial charge in [-0.05, 0) is 55.6 Å². The molecule has 1 heterocycles. The number of benzene rings is 1. The number of halogens is 1. The minimum Gasteiger partial charge on any atom is -0.478 e. The van der Waals surface area contributed by atoms with Crippen molar-refractivity contribution in [1.29, 1.82) is 0 Å². The molecule has 0 aliphatic carbocycles. The lowest BCUT2D eigenvalue weighted by Gasteiger charge is -2.30. The van der Waals surface area contributed by atoms with Gasteiger partial charge in [0.15, 0.2) is 0 Å². The lowest BCUT2D eigenvalue weighted by molar-refractivity contribution is 0.0696. The SMILES string of the molecule is CC1CCN(Cc2cc(F)cc(C(=O)O)c2)CC1. The van der Waals surface area contributed by atoms with Crippen LogP contribution in [0.4, 0.5) is 4.39 Å². The van der Waals surface area contributed by atoms with E-state index in [2.05, 4.69) is 11.8 Å². The van der Waals surface area contributed by atoms with Crippen molar-refractivity contribution in [3.63, 3.8) is 0 Å². The van der Waals surface area contributed by atoms with E-state index in [1.54, 1.807) is 6.07 Å². The molecule has 0 unspecified atom stereocenters. The first-order valence-electron chi connectivity index (χ1n) is 6.29. The summed E-state index contributed by atoms with van der Waals surface area (Å²) in [6, 6.07) is 4.04. The van der Waals surface area contributed by atoms with Crippen LogP contribution in [0.15, 0.2) is 18.2 Å². The van der Waals surface area contributed by atoms with Gasteiger partial charge in [-0.2, -0.15) is 0 Å². The van der Waals surface area contributed by atoms with E-state index in [9.17, 15) is 9.18 Å². The summed E-state index contributed by atoms with van der Waals surface area (Å²) in [4.78, 5) is 13.1. The summed E-state index contributed by atoms with van der Waals surface area (Å²) in [6.45, 7) is 4.87. The molecule has 1 aromatic rings. The predicted octanol–water partition coefficient (Wildman–Crippen LogP) is 2.76. The molecule has 0 saturated carbocycles. The molecule has 1 fully saturated rings. The molecule has 1 N–H and O–H groups in total. The third-order valence-corrected chi connectivity index (χ3v) is 3.49. The van der Waals surface area contributed by atoms with E-state index in [0.717, 1.165) is 43.5 Å². The molecule has 0 atom stereocenters. The molecule has 0 radical (unpaired) electrons. The molecule has 1 saturated heterocycles. The van der Waals surface area contributed by atoms with E-state index < -0.39 is 11.8 Å². The number of hydrogen-bond acceptors (Lipinski definition) is 2. The van der Waals surface area contributed by atoms with Crippen molar-refractivity contribution in [2.24, 2.45) is 5.92 Å². The standard InChI is InChI=1S/C14H18FNO2/c1-10-2-4-16(5-3-10)9-11-6-12(14(17)18)8-13(15)7-11/h6-8,10H,2-5,9H2,1H3,(H,17,18). The summed E-state index contributed by atoms with van der Waals surface area (Å²) in [5, 5.41) is 8.89. The lowest BCUT2D eigenvalue weighted by atomic mass is 9.98. The molecule has 1 aliphatic rings. The van der Waals surface area contributed by atoms with Crippen LogP contribution in [0.25, 0.3) is 0 Å². The Morgan fingerprint density at radius 2 is 2.06 bits per heavy atom. The normalized spacial score (nSPS) is 17.9. The zero-order valence-electron chi connectivity index (χ0n) is 10.5. The third kappa shape index (κ3) is 3.29. The highest BCUT2D eigenvalue weighted by atomic mass is 19.1. The van der Waals surface area contributed by atoms with Crippen LogP contribution < -0.4 is 0 Å². The number of hydrogen-bond donors (Lipinski definition) is 1. The van der Waals surface area contributed by atoms with Crippen molar-refractivity contribution in [3.05, 3.63) is 35.1 Å².